The summed E-state index contributed by atoms with van der Waals surface area (Å²) in [6, 6.07) is 0.845. The number of hydrogen-bond donors (Lipinski definition) is 1. The summed E-state index contributed by atoms with van der Waals surface area (Å²) in [6.45, 7) is 7.01. The lowest BCUT2D eigenvalue weighted by atomic mass is 10.2. The van der Waals surface area contributed by atoms with Gasteiger partial charge in [-0.2, -0.15) is 0 Å². The van der Waals surface area contributed by atoms with Crippen LogP contribution in [0.15, 0.2) is 24.3 Å². The molecule has 0 heterocycles. The smallest absolute Gasteiger partial charge is 0.00683 e. The molecule has 1 aliphatic rings. The highest BCUT2D eigenvalue weighted by Crippen LogP contribution is 2.18. The molecule has 0 aliphatic heterocycles. The van der Waals surface area contributed by atoms with Crippen molar-refractivity contribution >= 4 is 0 Å². The quantitative estimate of drug-likeness (QED) is 0.471. The van der Waals surface area contributed by atoms with Gasteiger partial charge in [0.15, 0.2) is 0 Å². The van der Waals surface area contributed by atoms with E-state index < -0.39 is 0 Å². The molecule has 1 heteroatoms. The third-order valence-electron chi connectivity index (χ3n) is 2.11. The SMILES string of the molecule is C=CCC(C)=CCCNC1CC1. The van der Waals surface area contributed by atoms with Crippen LogP contribution in [0.5, 0.6) is 0 Å². The molecule has 1 aliphatic carbocycles. The number of hydrogen-bond acceptors (Lipinski definition) is 1. The fraction of sp³-hybridized carbons (Fsp3) is 0.636. The predicted octanol–water partition coefficient (Wildman–Crippen LogP) is 2.65. The summed E-state index contributed by atoms with van der Waals surface area (Å²) in [6.07, 6.45) is 9.22. The monoisotopic (exact) mass is 165 g/mol. The molecule has 0 amide bonds. The predicted molar refractivity (Wildman–Crippen MR) is 54.2 cm³/mol. The molecule has 0 radical (unpaired) electrons. The van der Waals surface area contributed by atoms with Crippen molar-refractivity contribution in [1.29, 1.82) is 0 Å². The Morgan fingerprint density at radius 1 is 1.58 bits per heavy atom. The summed E-state index contributed by atoms with van der Waals surface area (Å²) >= 11 is 0. The average molecular weight is 165 g/mol. The zero-order chi connectivity index (χ0) is 8.81. The molecule has 0 aromatic carbocycles. The van der Waals surface area contributed by atoms with Crippen LogP contribution in [0.25, 0.3) is 0 Å². The van der Waals surface area contributed by atoms with E-state index in [0.29, 0.717) is 0 Å². The second-order valence-corrected chi connectivity index (χ2v) is 3.56. The topological polar surface area (TPSA) is 12.0 Å². The van der Waals surface area contributed by atoms with Gasteiger partial charge in [-0.1, -0.05) is 17.7 Å². The Labute approximate surface area is 75.6 Å². The molecule has 1 saturated carbocycles. The molecule has 1 fully saturated rings. The van der Waals surface area contributed by atoms with Gasteiger partial charge in [0.2, 0.25) is 0 Å². The summed E-state index contributed by atoms with van der Waals surface area (Å²) in [5.41, 5.74) is 1.43. The van der Waals surface area contributed by atoms with Gasteiger partial charge in [-0.05, 0) is 39.2 Å². The molecule has 0 bridgehead atoms. The highest BCUT2D eigenvalue weighted by molar-refractivity contribution is 5.02. The maximum atomic E-state index is 3.71. The van der Waals surface area contributed by atoms with E-state index >= 15 is 0 Å². The van der Waals surface area contributed by atoms with Crippen molar-refractivity contribution in [2.45, 2.75) is 38.6 Å². The van der Waals surface area contributed by atoms with Gasteiger partial charge in [0.25, 0.3) is 0 Å². The first-order valence-corrected chi connectivity index (χ1v) is 4.83. The minimum Gasteiger partial charge on any atom is -0.314 e. The van der Waals surface area contributed by atoms with Crippen LogP contribution in [-0.2, 0) is 0 Å². The van der Waals surface area contributed by atoms with Crippen molar-refractivity contribution in [1.82, 2.24) is 5.32 Å². The molecule has 1 nitrogen and oxygen atoms in total. The second-order valence-electron chi connectivity index (χ2n) is 3.56. The molecule has 0 aromatic heterocycles. The maximum absolute atomic E-state index is 3.71. The lowest BCUT2D eigenvalue weighted by Gasteiger charge is -1.99. The molecular formula is C11H19N. The molecule has 12 heavy (non-hydrogen) atoms. The van der Waals surface area contributed by atoms with Crippen LogP contribution in [0.3, 0.4) is 0 Å². The largest absolute Gasteiger partial charge is 0.314 e. The van der Waals surface area contributed by atoms with Crippen LogP contribution in [0.1, 0.15) is 32.6 Å². The van der Waals surface area contributed by atoms with E-state index in [1.165, 1.54) is 18.4 Å². The Morgan fingerprint density at radius 3 is 2.92 bits per heavy atom. The molecule has 1 rings (SSSR count). The normalized spacial score (nSPS) is 17.9. The van der Waals surface area contributed by atoms with Crippen molar-refractivity contribution in [3.05, 3.63) is 24.3 Å². The highest BCUT2D eigenvalue weighted by Gasteiger charge is 2.19. The maximum Gasteiger partial charge on any atom is 0.00683 e. The molecule has 0 atom stereocenters. The van der Waals surface area contributed by atoms with Crippen molar-refractivity contribution < 1.29 is 0 Å². The van der Waals surface area contributed by atoms with E-state index in [1.54, 1.807) is 0 Å². The average Bonchev–Trinajstić information content (AvgIpc) is 2.82. The summed E-state index contributed by atoms with van der Waals surface area (Å²) in [7, 11) is 0. The van der Waals surface area contributed by atoms with Gasteiger partial charge in [0.05, 0.1) is 0 Å². The summed E-state index contributed by atoms with van der Waals surface area (Å²) in [5.74, 6) is 0. The lowest BCUT2D eigenvalue weighted by Crippen LogP contribution is -2.16. The fourth-order valence-corrected chi connectivity index (χ4v) is 1.20. The highest BCUT2D eigenvalue weighted by atomic mass is 14.9. The van der Waals surface area contributed by atoms with Gasteiger partial charge in [-0.25, -0.2) is 0 Å². The van der Waals surface area contributed by atoms with Crippen LogP contribution < -0.4 is 5.32 Å². The van der Waals surface area contributed by atoms with Gasteiger partial charge in [-0.15, -0.1) is 6.58 Å². The minimum atomic E-state index is 0.845. The zero-order valence-electron chi connectivity index (χ0n) is 7.97. The van der Waals surface area contributed by atoms with Gasteiger partial charge >= 0.3 is 0 Å². The minimum absolute atomic E-state index is 0.845. The molecule has 68 valence electrons. The standard InChI is InChI=1S/C11H19N/c1-3-5-10(2)6-4-9-12-11-7-8-11/h3,6,11-12H,1,4-5,7-9H2,2H3. The van der Waals surface area contributed by atoms with E-state index in [1.807, 2.05) is 6.08 Å². The fourth-order valence-electron chi connectivity index (χ4n) is 1.20. The Morgan fingerprint density at radius 2 is 2.33 bits per heavy atom. The van der Waals surface area contributed by atoms with Crippen molar-refractivity contribution in [2.75, 3.05) is 6.54 Å². The van der Waals surface area contributed by atoms with Crippen molar-refractivity contribution in [3.63, 3.8) is 0 Å². The van der Waals surface area contributed by atoms with E-state index in [-0.39, 0.29) is 0 Å². The number of rotatable bonds is 6. The first-order valence-electron chi connectivity index (χ1n) is 4.83. The first-order chi connectivity index (χ1) is 5.83. The Hall–Kier alpha value is -0.560. The van der Waals surface area contributed by atoms with Crippen LogP contribution in [0.4, 0.5) is 0 Å². The van der Waals surface area contributed by atoms with Crippen molar-refractivity contribution in [3.8, 4) is 0 Å². The molecule has 0 aromatic rings. The van der Waals surface area contributed by atoms with Gasteiger partial charge < -0.3 is 5.32 Å². The Balaban J connectivity index is 1.97. The Kier molecular flexibility index (Phi) is 4.09. The van der Waals surface area contributed by atoms with E-state index in [0.717, 1.165) is 25.4 Å². The zero-order valence-corrected chi connectivity index (χ0v) is 7.97. The van der Waals surface area contributed by atoms with Crippen molar-refractivity contribution in [2.24, 2.45) is 0 Å². The van der Waals surface area contributed by atoms with E-state index in [4.69, 9.17) is 0 Å². The molecule has 0 saturated heterocycles. The third-order valence-corrected chi connectivity index (χ3v) is 2.11. The van der Waals surface area contributed by atoms with Crippen LogP contribution in [0.2, 0.25) is 0 Å². The van der Waals surface area contributed by atoms with E-state index in [9.17, 15) is 0 Å². The van der Waals surface area contributed by atoms with Crippen LogP contribution >= 0.6 is 0 Å². The summed E-state index contributed by atoms with van der Waals surface area (Å²) in [5, 5.41) is 3.48. The lowest BCUT2D eigenvalue weighted by molar-refractivity contribution is 0.688. The molecule has 0 unspecified atom stereocenters. The number of allylic oxidation sites excluding steroid dienone is 2. The van der Waals surface area contributed by atoms with Gasteiger partial charge in [0.1, 0.15) is 0 Å². The molecule has 1 N–H and O–H groups in total. The first kappa shape index (κ1) is 9.53. The molecule has 0 spiro atoms. The Bertz CT molecular complexity index is 166. The second kappa shape index (κ2) is 5.15. The number of nitrogens with one attached hydrogen (secondary N) is 1. The van der Waals surface area contributed by atoms with E-state index in [2.05, 4.69) is 24.9 Å². The van der Waals surface area contributed by atoms with Gasteiger partial charge in [0, 0.05) is 6.04 Å². The summed E-state index contributed by atoms with van der Waals surface area (Å²) < 4.78 is 0. The van der Waals surface area contributed by atoms with Gasteiger partial charge in [-0.3, -0.25) is 0 Å². The third kappa shape index (κ3) is 4.35. The molecular weight excluding hydrogens is 146 g/mol. The van der Waals surface area contributed by atoms with Crippen LogP contribution in [0, 0.1) is 0 Å². The van der Waals surface area contributed by atoms with Crippen LogP contribution in [-0.4, -0.2) is 12.6 Å². The summed E-state index contributed by atoms with van der Waals surface area (Å²) in [4.78, 5) is 0.